The number of piperidine rings is 1. The predicted octanol–water partition coefficient (Wildman–Crippen LogP) is 5.50. The summed E-state index contributed by atoms with van der Waals surface area (Å²) in [6.07, 6.45) is 8.86. The Labute approximate surface area is 216 Å². The first-order chi connectivity index (χ1) is 17.5. The van der Waals surface area contributed by atoms with Crippen molar-refractivity contribution in [3.05, 3.63) is 70.9 Å². The largest absolute Gasteiger partial charge is 0.393 e. The number of nitrogens with zero attached hydrogens (tertiary/aromatic N) is 4. The lowest BCUT2D eigenvalue weighted by Crippen LogP contribution is -2.33. The van der Waals surface area contributed by atoms with E-state index in [1.54, 1.807) is 12.3 Å². The molecule has 0 amide bonds. The Morgan fingerprint density at radius 2 is 1.75 bits per heavy atom. The van der Waals surface area contributed by atoms with Crippen molar-refractivity contribution in [3.8, 4) is 0 Å². The Balaban J connectivity index is 1.29. The summed E-state index contributed by atoms with van der Waals surface area (Å²) in [7, 11) is 0. The van der Waals surface area contributed by atoms with Crippen molar-refractivity contribution in [1.82, 2.24) is 19.9 Å². The number of benzene rings is 1. The molecule has 3 heterocycles. The van der Waals surface area contributed by atoms with Gasteiger partial charge in [0.05, 0.1) is 6.10 Å². The van der Waals surface area contributed by atoms with Gasteiger partial charge in [0, 0.05) is 36.2 Å². The van der Waals surface area contributed by atoms with Gasteiger partial charge in [0.15, 0.2) is 0 Å². The van der Waals surface area contributed by atoms with Crippen LogP contribution < -0.4 is 10.6 Å². The van der Waals surface area contributed by atoms with Crippen molar-refractivity contribution in [3.63, 3.8) is 0 Å². The van der Waals surface area contributed by atoms with Gasteiger partial charge in [-0.15, -0.1) is 0 Å². The topological polar surface area (TPSA) is 86.2 Å². The summed E-state index contributed by atoms with van der Waals surface area (Å²) in [6, 6.07) is 10.6. The molecule has 1 aliphatic heterocycles. The molecule has 1 aromatic carbocycles. The number of pyridine rings is 1. The van der Waals surface area contributed by atoms with Gasteiger partial charge < -0.3 is 15.7 Å². The molecule has 1 saturated carbocycles. The molecule has 190 valence electrons. The van der Waals surface area contributed by atoms with E-state index in [1.807, 2.05) is 24.4 Å². The fraction of sp³-hybridized carbons (Fsp3) is 0.444. The summed E-state index contributed by atoms with van der Waals surface area (Å²) >= 11 is 6.03. The van der Waals surface area contributed by atoms with E-state index in [-0.39, 0.29) is 18.0 Å². The molecule has 1 saturated heterocycles. The molecule has 7 nitrogen and oxygen atoms in total. The molecule has 9 heteroatoms. The van der Waals surface area contributed by atoms with Gasteiger partial charge in [0.1, 0.15) is 16.8 Å². The lowest BCUT2D eigenvalue weighted by Gasteiger charge is -2.33. The van der Waals surface area contributed by atoms with Crippen molar-refractivity contribution in [2.45, 2.75) is 63.1 Å². The van der Waals surface area contributed by atoms with Crippen LogP contribution in [0, 0.1) is 5.82 Å². The molecule has 2 fully saturated rings. The van der Waals surface area contributed by atoms with E-state index in [2.05, 4.69) is 25.5 Å². The number of anilines is 3. The number of aliphatic hydroxyl groups excluding tert-OH is 1. The maximum Gasteiger partial charge on any atom is 0.229 e. The molecule has 2 aromatic heterocycles. The molecule has 3 aromatic rings. The Morgan fingerprint density at radius 1 is 1.00 bits per heavy atom. The van der Waals surface area contributed by atoms with Crippen molar-refractivity contribution >= 4 is 29.1 Å². The molecule has 0 spiro atoms. The molecule has 0 radical (unpaired) electrons. The summed E-state index contributed by atoms with van der Waals surface area (Å²) in [5, 5.41) is 17.2. The molecule has 0 unspecified atom stereocenters. The van der Waals surface area contributed by atoms with Crippen LogP contribution in [0.4, 0.5) is 21.8 Å². The van der Waals surface area contributed by atoms with Crippen LogP contribution in [0.3, 0.4) is 0 Å². The first kappa shape index (κ1) is 24.9. The number of aliphatic hydroxyl groups is 1. The Bertz CT molecular complexity index is 1150. The Morgan fingerprint density at radius 3 is 2.47 bits per heavy atom. The first-order valence-electron chi connectivity index (χ1n) is 12.7. The number of nitrogens with one attached hydrogen (secondary N) is 2. The van der Waals surface area contributed by atoms with Crippen LogP contribution in [-0.4, -0.2) is 50.2 Å². The highest BCUT2D eigenvalue weighted by molar-refractivity contribution is 6.29. The third-order valence-corrected chi connectivity index (χ3v) is 7.39. The van der Waals surface area contributed by atoms with Gasteiger partial charge >= 0.3 is 0 Å². The van der Waals surface area contributed by atoms with Gasteiger partial charge in [-0.25, -0.2) is 14.4 Å². The van der Waals surface area contributed by atoms with Crippen molar-refractivity contribution in [2.75, 3.05) is 23.7 Å². The monoisotopic (exact) mass is 510 g/mol. The zero-order valence-corrected chi connectivity index (χ0v) is 21.0. The zero-order valence-electron chi connectivity index (χ0n) is 20.2. The highest BCUT2D eigenvalue weighted by Crippen LogP contribution is 2.34. The predicted molar refractivity (Wildman–Crippen MR) is 140 cm³/mol. The third-order valence-electron chi connectivity index (χ3n) is 7.18. The second kappa shape index (κ2) is 11.5. The summed E-state index contributed by atoms with van der Waals surface area (Å²) in [5.74, 6) is 1.53. The van der Waals surface area contributed by atoms with Gasteiger partial charge in [-0.05, 0) is 87.4 Å². The standard InChI is InChI=1S/C27H32ClFN6O/c28-25-15-22(9-12-30-25)33-27-31-16-24(26(34-27)32-21-5-7-23(36)8-6-21)19-10-13-35(14-11-19)17-18-1-3-20(29)4-2-18/h1-4,9,12,15-16,19,21,23,36H,5-8,10-11,13-14,17H2,(H2,30,31,32,33,34)/t21-,23-. The second-order valence-electron chi connectivity index (χ2n) is 9.82. The van der Waals surface area contributed by atoms with Gasteiger partial charge in [0.25, 0.3) is 0 Å². The number of rotatable bonds is 7. The number of hydrogen-bond donors (Lipinski definition) is 3. The summed E-state index contributed by atoms with van der Waals surface area (Å²) in [4.78, 5) is 15.9. The van der Waals surface area contributed by atoms with Crippen molar-refractivity contribution in [1.29, 1.82) is 0 Å². The van der Waals surface area contributed by atoms with Gasteiger partial charge in [-0.2, -0.15) is 4.98 Å². The minimum Gasteiger partial charge on any atom is -0.393 e. The zero-order chi connectivity index (χ0) is 24.9. The van der Waals surface area contributed by atoms with E-state index in [9.17, 15) is 9.50 Å². The van der Waals surface area contributed by atoms with Crippen LogP contribution in [-0.2, 0) is 6.54 Å². The SMILES string of the molecule is O[C@H]1CC[C@H](Nc2nc(Nc3ccnc(Cl)c3)ncc2C2CCN(Cc3ccc(F)cc3)CC2)CC1. The van der Waals surface area contributed by atoms with Crippen LogP contribution in [0.1, 0.15) is 55.6 Å². The highest BCUT2D eigenvalue weighted by atomic mass is 35.5. The quantitative estimate of drug-likeness (QED) is 0.362. The Kier molecular flexibility index (Phi) is 7.94. The molecule has 0 atom stereocenters. The minimum atomic E-state index is -0.202. The van der Waals surface area contributed by atoms with Crippen LogP contribution in [0.15, 0.2) is 48.8 Å². The molecule has 5 rings (SSSR count). The minimum absolute atomic E-state index is 0.199. The molecule has 2 aliphatic rings. The van der Waals surface area contributed by atoms with E-state index in [0.717, 1.165) is 80.8 Å². The highest BCUT2D eigenvalue weighted by Gasteiger charge is 2.26. The number of aromatic nitrogens is 3. The lowest BCUT2D eigenvalue weighted by molar-refractivity contribution is 0.126. The van der Waals surface area contributed by atoms with Crippen LogP contribution >= 0.6 is 11.6 Å². The maximum atomic E-state index is 13.2. The van der Waals surface area contributed by atoms with E-state index < -0.39 is 0 Å². The number of likely N-dealkylation sites (tertiary alicyclic amines) is 1. The Hall–Kier alpha value is -2.81. The molecule has 3 N–H and O–H groups in total. The van der Waals surface area contributed by atoms with Crippen molar-refractivity contribution in [2.24, 2.45) is 0 Å². The van der Waals surface area contributed by atoms with E-state index >= 15 is 0 Å². The van der Waals surface area contributed by atoms with Crippen LogP contribution in [0.25, 0.3) is 0 Å². The summed E-state index contributed by atoms with van der Waals surface area (Å²) in [6.45, 7) is 2.76. The summed E-state index contributed by atoms with van der Waals surface area (Å²) in [5.41, 5.74) is 3.05. The van der Waals surface area contributed by atoms with Crippen LogP contribution in [0.2, 0.25) is 5.15 Å². The van der Waals surface area contributed by atoms with Gasteiger partial charge in [-0.1, -0.05) is 23.7 Å². The third kappa shape index (κ3) is 6.49. The molecular formula is C27H32ClFN6O. The molecular weight excluding hydrogens is 479 g/mol. The van der Waals surface area contributed by atoms with Gasteiger partial charge in [-0.3, -0.25) is 4.90 Å². The van der Waals surface area contributed by atoms with Crippen LogP contribution in [0.5, 0.6) is 0 Å². The lowest BCUT2D eigenvalue weighted by atomic mass is 9.89. The normalized spacial score (nSPS) is 21.3. The number of hydrogen-bond acceptors (Lipinski definition) is 7. The second-order valence-corrected chi connectivity index (χ2v) is 10.2. The smallest absolute Gasteiger partial charge is 0.229 e. The first-order valence-corrected chi connectivity index (χ1v) is 13.1. The average molecular weight is 511 g/mol. The fourth-order valence-electron chi connectivity index (χ4n) is 5.14. The van der Waals surface area contributed by atoms with E-state index in [4.69, 9.17) is 16.6 Å². The average Bonchev–Trinajstić information content (AvgIpc) is 2.88. The molecule has 1 aliphatic carbocycles. The molecule has 36 heavy (non-hydrogen) atoms. The number of halogens is 2. The van der Waals surface area contributed by atoms with Gasteiger partial charge in [0.2, 0.25) is 5.95 Å². The van der Waals surface area contributed by atoms with Crippen molar-refractivity contribution < 1.29 is 9.50 Å². The summed E-state index contributed by atoms with van der Waals surface area (Å²) < 4.78 is 13.2. The fourth-order valence-corrected chi connectivity index (χ4v) is 5.31. The molecule has 0 bridgehead atoms. The van der Waals surface area contributed by atoms with E-state index in [0.29, 0.717) is 17.0 Å². The maximum absolute atomic E-state index is 13.2. The van der Waals surface area contributed by atoms with E-state index in [1.165, 1.54) is 12.1 Å².